The van der Waals surface area contributed by atoms with Crippen molar-refractivity contribution in [1.29, 1.82) is 0 Å². The summed E-state index contributed by atoms with van der Waals surface area (Å²) in [5, 5.41) is 4.20. The van der Waals surface area contributed by atoms with Crippen molar-refractivity contribution in [2.45, 2.75) is 12.8 Å². The predicted octanol–water partition coefficient (Wildman–Crippen LogP) is -0.0237. The van der Waals surface area contributed by atoms with E-state index in [1.54, 1.807) is 11.7 Å². The molecular formula is C8H14N4O. The molecule has 1 aromatic heterocycles. The number of rotatable bonds is 2. The van der Waals surface area contributed by atoms with Gasteiger partial charge in [0.05, 0.1) is 0 Å². The first-order valence-electron chi connectivity index (χ1n) is 4.49. The fourth-order valence-corrected chi connectivity index (χ4v) is 1.54. The minimum absolute atomic E-state index is 0.480. The van der Waals surface area contributed by atoms with Crippen LogP contribution in [0.3, 0.4) is 0 Å². The molecule has 0 amide bonds. The second-order valence-corrected chi connectivity index (χ2v) is 3.44. The van der Waals surface area contributed by atoms with E-state index in [9.17, 15) is 0 Å². The summed E-state index contributed by atoms with van der Waals surface area (Å²) >= 11 is 0. The maximum absolute atomic E-state index is 5.57. The van der Waals surface area contributed by atoms with Gasteiger partial charge in [0.2, 0.25) is 5.95 Å². The van der Waals surface area contributed by atoms with Crippen LogP contribution in [-0.2, 0) is 18.2 Å². The van der Waals surface area contributed by atoms with E-state index in [1.165, 1.54) is 0 Å². The van der Waals surface area contributed by atoms with E-state index in [0.717, 1.165) is 31.9 Å². The van der Waals surface area contributed by atoms with E-state index in [-0.39, 0.29) is 0 Å². The zero-order valence-electron chi connectivity index (χ0n) is 7.73. The van der Waals surface area contributed by atoms with Crippen LogP contribution in [-0.4, -0.2) is 28.0 Å². The molecular weight excluding hydrogens is 168 g/mol. The average molecular weight is 182 g/mol. The third-order valence-electron chi connectivity index (χ3n) is 2.34. The lowest BCUT2D eigenvalue weighted by Gasteiger charge is -2.01. The molecule has 0 radical (unpaired) electrons. The number of aromatic nitrogens is 3. The second kappa shape index (κ2) is 3.33. The Balaban J connectivity index is 2.00. The van der Waals surface area contributed by atoms with Gasteiger partial charge in [-0.1, -0.05) is 0 Å². The number of nitrogens with zero attached hydrogens (tertiary/aromatic N) is 3. The van der Waals surface area contributed by atoms with E-state index in [2.05, 4.69) is 10.1 Å². The standard InChI is InChI=1S/C8H14N4O/c1-12-8(9)10-7(11-12)4-6-2-3-13-5-6/h6H,2-5H2,1H3,(H2,9,10,11). The monoisotopic (exact) mass is 182 g/mol. The van der Waals surface area contributed by atoms with E-state index < -0.39 is 0 Å². The number of aryl methyl sites for hydroxylation is 1. The molecule has 5 heteroatoms. The molecule has 13 heavy (non-hydrogen) atoms. The molecule has 2 heterocycles. The molecule has 0 aliphatic carbocycles. The Morgan fingerprint density at radius 1 is 1.69 bits per heavy atom. The van der Waals surface area contributed by atoms with Crippen molar-refractivity contribution in [2.75, 3.05) is 18.9 Å². The van der Waals surface area contributed by atoms with Crippen LogP contribution in [0.25, 0.3) is 0 Å². The molecule has 2 N–H and O–H groups in total. The van der Waals surface area contributed by atoms with Crippen LogP contribution >= 0.6 is 0 Å². The Labute approximate surface area is 76.9 Å². The summed E-state index contributed by atoms with van der Waals surface area (Å²) in [6, 6.07) is 0. The molecule has 0 spiro atoms. The van der Waals surface area contributed by atoms with Crippen molar-refractivity contribution in [1.82, 2.24) is 14.8 Å². The van der Waals surface area contributed by atoms with Crippen molar-refractivity contribution >= 4 is 5.95 Å². The normalized spacial score (nSPS) is 22.4. The number of hydrogen-bond acceptors (Lipinski definition) is 4. The Morgan fingerprint density at radius 2 is 2.54 bits per heavy atom. The van der Waals surface area contributed by atoms with Gasteiger partial charge in [-0.15, -0.1) is 0 Å². The molecule has 0 aromatic carbocycles. The minimum Gasteiger partial charge on any atom is -0.381 e. The Hall–Kier alpha value is -1.10. The van der Waals surface area contributed by atoms with Gasteiger partial charge in [0.25, 0.3) is 0 Å². The van der Waals surface area contributed by atoms with Crippen molar-refractivity contribution in [2.24, 2.45) is 13.0 Å². The first-order valence-corrected chi connectivity index (χ1v) is 4.49. The summed E-state index contributed by atoms with van der Waals surface area (Å²) in [4.78, 5) is 4.15. The van der Waals surface area contributed by atoms with Crippen LogP contribution in [0.5, 0.6) is 0 Å². The fraction of sp³-hybridized carbons (Fsp3) is 0.750. The van der Waals surface area contributed by atoms with Crippen LogP contribution in [0.2, 0.25) is 0 Å². The quantitative estimate of drug-likeness (QED) is 0.697. The zero-order valence-corrected chi connectivity index (χ0v) is 7.73. The van der Waals surface area contributed by atoms with Gasteiger partial charge < -0.3 is 10.5 Å². The van der Waals surface area contributed by atoms with Gasteiger partial charge in [-0.25, -0.2) is 4.68 Å². The van der Waals surface area contributed by atoms with Gasteiger partial charge in [0.1, 0.15) is 0 Å². The van der Waals surface area contributed by atoms with Gasteiger partial charge >= 0.3 is 0 Å². The first kappa shape index (κ1) is 8.50. The topological polar surface area (TPSA) is 66.0 Å². The summed E-state index contributed by atoms with van der Waals surface area (Å²) in [6.07, 6.45) is 1.99. The van der Waals surface area contributed by atoms with Gasteiger partial charge in [-0.05, 0) is 12.3 Å². The largest absolute Gasteiger partial charge is 0.381 e. The highest BCUT2D eigenvalue weighted by atomic mass is 16.5. The fourth-order valence-electron chi connectivity index (χ4n) is 1.54. The summed E-state index contributed by atoms with van der Waals surface area (Å²) < 4.78 is 6.88. The summed E-state index contributed by atoms with van der Waals surface area (Å²) in [5.74, 6) is 1.88. The maximum atomic E-state index is 5.57. The number of nitrogen functional groups attached to an aromatic ring is 1. The van der Waals surface area contributed by atoms with Crippen molar-refractivity contribution in [3.05, 3.63) is 5.82 Å². The molecule has 5 nitrogen and oxygen atoms in total. The summed E-state index contributed by atoms with van der Waals surface area (Å²) in [5.41, 5.74) is 5.57. The number of ether oxygens (including phenoxy) is 1. The molecule has 1 aliphatic rings. The molecule has 72 valence electrons. The Kier molecular flexibility index (Phi) is 2.18. The van der Waals surface area contributed by atoms with Crippen LogP contribution in [0.1, 0.15) is 12.2 Å². The molecule has 1 saturated heterocycles. The number of anilines is 1. The SMILES string of the molecule is Cn1nc(CC2CCOC2)nc1N. The third-order valence-corrected chi connectivity index (χ3v) is 2.34. The zero-order chi connectivity index (χ0) is 9.26. The molecule has 1 aromatic rings. The Bertz CT molecular complexity index is 271. The average Bonchev–Trinajstić information content (AvgIpc) is 2.64. The summed E-state index contributed by atoms with van der Waals surface area (Å²) in [6.45, 7) is 1.70. The lowest BCUT2D eigenvalue weighted by Crippen LogP contribution is -2.05. The van der Waals surface area contributed by atoms with Crippen LogP contribution in [0, 0.1) is 5.92 Å². The lowest BCUT2D eigenvalue weighted by atomic mass is 10.1. The van der Waals surface area contributed by atoms with E-state index in [4.69, 9.17) is 10.5 Å². The van der Waals surface area contributed by atoms with Gasteiger partial charge in [0, 0.05) is 26.7 Å². The minimum atomic E-state index is 0.480. The van der Waals surface area contributed by atoms with Crippen molar-refractivity contribution in [3.63, 3.8) is 0 Å². The number of hydrogen-bond donors (Lipinski definition) is 1. The summed E-state index contributed by atoms with van der Waals surface area (Å²) in [7, 11) is 1.80. The van der Waals surface area contributed by atoms with Crippen LogP contribution < -0.4 is 5.73 Å². The van der Waals surface area contributed by atoms with Gasteiger partial charge in [-0.2, -0.15) is 10.1 Å². The highest BCUT2D eigenvalue weighted by Crippen LogP contribution is 2.16. The van der Waals surface area contributed by atoms with Crippen molar-refractivity contribution in [3.8, 4) is 0 Å². The van der Waals surface area contributed by atoms with Crippen LogP contribution in [0.4, 0.5) is 5.95 Å². The predicted molar refractivity (Wildman–Crippen MR) is 48.0 cm³/mol. The van der Waals surface area contributed by atoms with Gasteiger partial charge in [0.15, 0.2) is 5.82 Å². The molecule has 1 fully saturated rings. The first-order chi connectivity index (χ1) is 6.25. The smallest absolute Gasteiger partial charge is 0.218 e. The number of nitrogens with two attached hydrogens (primary N) is 1. The molecule has 0 saturated carbocycles. The van der Waals surface area contributed by atoms with Crippen molar-refractivity contribution < 1.29 is 4.74 Å². The molecule has 1 unspecified atom stereocenters. The van der Waals surface area contributed by atoms with Crippen LogP contribution in [0.15, 0.2) is 0 Å². The molecule has 2 rings (SSSR count). The van der Waals surface area contributed by atoms with Gasteiger partial charge in [-0.3, -0.25) is 0 Å². The highest BCUT2D eigenvalue weighted by Gasteiger charge is 2.18. The van der Waals surface area contributed by atoms with E-state index in [1.807, 2.05) is 0 Å². The second-order valence-electron chi connectivity index (χ2n) is 3.44. The highest BCUT2D eigenvalue weighted by molar-refractivity contribution is 5.15. The molecule has 1 atom stereocenters. The molecule has 0 bridgehead atoms. The lowest BCUT2D eigenvalue weighted by molar-refractivity contribution is 0.185. The Morgan fingerprint density at radius 3 is 3.08 bits per heavy atom. The third kappa shape index (κ3) is 1.80. The van der Waals surface area contributed by atoms with E-state index in [0.29, 0.717) is 11.9 Å². The van der Waals surface area contributed by atoms with E-state index >= 15 is 0 Å². The maximum Gasteiger partial charge on any atom is 0.218 e. The molecule has 1 aliphatic heterocycles.